The van der Waals surface area contributed by atoms with Crippen LogP contribution in [0, 0.1) is 5.92 Å². The smallest absolute Gasteiger partial charge is 0.462 e. The van der Waals surface area contributed by atoms with Gasteiger partial charge in [-0.15, -0.1) is 13.2 Å². The van der Waals surface area contributed by atoms with Crippen molar-refractivity contribution in [1.82, 2.24) is 10.5 Å². The monoisotopic (exact) mass is 394 g/mol. The van der Waals surface area contributed by atoms with Gasteiger partial charge in [0.2, 0.25) is 0 Å². The minimum atomic E-state index is -4.69. The fourth-order valence-corrected chi connectivity index (χ4v) is 3.30. The molecule has 148 valence electrons. The van der Waals surface area contributed by atoms with Crippen LogP contribution < -0.4 is 10.1 Å². The molecule has 1 aromatic heterocycles. The topological polar surface area (TPSA) is 73.6 Å². The molecular formula is C19H17F3N2O4. The van der Waals surface area contributed by atoms with Crippen molar-refractivity contribution in [3.63, 3.8) is 0 Å². The summed E-state index contributed by atoms with van der Waals surface area (Å²) in [4.78, 5) is 11.7. The first-order chi connectivity index (χ1) is 13.3. The van der Waals surface area contributed by atoms with Crippen LogP contribution in [0.1, 0.15) is 18.9 Å². The fourth-order valence-electron chi connectivity index (χ4n) is 3.30. The highest BCUT2D eigenvalue weighted by Crippen LogP contribution is 2.34. The molecule has 28 heavy (non-hydrogen) atoms. The quantitative estimate of drug-likeness (QED) is 0.858. The lowest BCUT2D eigenvalue weighted by Gasteiger charge is -2.24. The molecule has 1 amide bonds. The second-order valence-electron chi connectivity index (χ2n) is 6.75. The maximum Gasteiger partial charge on any atom is 0.523 e. The average molecular weight is 394 g/mol. The Hall–Kier alpha value is -2.81. The molecule has 2 aliphatic rings. The van der Waals surface area contributed by atoms with E-state index >= 15 is 0 Å². The Bertz CT molecular complexity index is 964. The molecule has 3 atom stereocenters. The number of amides is 1. The highest BCUT2D eigenvalue weighted by molar-refractivity contribution is 5.89. The molecule has 1 aromatic carbocycles. The zero-order valence-corrected chi connectivity index (χ0v) is 14.8. The maximum absolute atomic E-state index is 12.5. The third-order valence-electron chi connectivity index (χ3n) is 4.72. The lowest BCUT2D eigenvalue weighted by atomic mass is 9.91. The number of carbonyl (C=O) groups excluding carboxylic acids is 1. The van der Waals surface area contributed by atoms with Crippen molar-refractivity contribution in [3.8, 4) is 5.88 Å². The molecule has 0 spiro atoms. The molecule has 1 N–H and O–H groups in total. The molecule has 0 bridgehead atoms. The molecule has 6 nitrogen and oxygen atoms in total. The summed E-state index contributed by atoms with van der Waals surface area (Å²) >= 11 is 0. The molecule has 2 aromatic rings. The molecule has 2 heterocycles. The van der Waals surface area contributed by atoms with Gasteiger partial charge < -0.3 is 14.6 Å². The van der Waals surface area contributed by atoms with Crippen molar-refractivity contribution in [3.05, 3.63) is 42.0 Å². The van der Waals surface area contributed by atoms with Crippen molar-refractivity contribution in [1.29, 1.82) is 0 Å². The molecule has 2 unspecified atom stereocenters. The standard InChI is InChI=1S/C19H17F3N2O4/c1-10-8-11(2-4-14(10)27-19(20,21)22)12-3-5-15-13(9-12)18(24-28-15)26-16-6-7-23-17(16)25/h2-5,8-10,14,16H,6-7H2,1H3,(H,23,25)/t10?,14?,16-/m1/s1. The Labute approximate surface area is 158 Å². The first-order valence-corrected chi connectivity index (χ1v) is 8.79. The van der Waals surface area contributed by atoms with Crippen molar-refractivity contribution < 1.29 is 32.0 Å². The lowest BCUT2D eigenvalue weighted by molar-refractivity contribution is -0.339. The van der Waals surface area contributed by atoms with Crippen LogP contribution in [-0.2, 0) is 9.53 Å². The predicted octanol–water partition coefficient (Wildman–Crippen LogP) is 3.59. The van der Waals surface area contributed by atoms with Crippen LogP contribution in [0.3, 0.4) is 0 Å². The molecule has 1 aliphatic carbocycles. The number of alkyl halides is 3. The molecule has 1 aliphatic heterocycles. The highest BCUT2D eigenvalue weighted by Gasteiger charge is 2.35. The average Bonchev–Trinajstić information content (AvgIpc) is 3.22. The molecule has 1 fully saturated rings. The van der Waals surface area contributed by atoms with E-state index in [1.165, 1.54) is 6.08 Å². The minimum Gasteiger partial charge on any atom is -0.462 e. The van der Waals surface area contributed by atoms with Crippen molar-refractivity contribution in [2.45, 2.75) is 31.9 Å². The summed E-state index contributed by atoms with van der Waals surface area (Å²) < 4.78 is 52.5. The van der Waals surface area contributed by atoms with Crippen molar-refractivity contribution >= 4 is 22.4 Å². The van der Waals surface area contributed by atoms with E-state index in [1.807, 2.05) is 0 Å². The third-order valence-corrected chi connectivity index (χ3v) is 4.72. The second-order valence-corrected chi connectivity index (χ2v) is 6.75. The summed E-state index contributed by atoms with van der Waals surface area (Å²) in [6, 6.07) is 5.27. The fraction of sp³-hybridized carbons (Fsp3) is 0.368. The van der Waals surface area contributed by atoms with Crippen molar-refractivity contribution in [2.24, 2.45) is 5.92 Å². The van der Waals surface area contributed by atoms with Crippen LogP contribution in [-0.4, -0.2) is 36.2 Å². The van der Waals surface area contributed by atoms with Gasteiger partial charge in [0.1, 0.15) is 0 Å². The van der Waals surface area contributed by atoms with Gasteiger partial charge in [0, 0.05) is 18.9 Å². The number of halogens is 3. The summed E-state index contributed by atoms with van der Waals surface area (Å²) in [7, 11) is 0. The van der Waals surface area contributed by atoms with Gasteiger partial charge in [0.15, 0.2) is 11.7 Å². The summed E-state index contributed by atoms with van der Waals surface area (Å²) in [5.74, 6) is -0.446. The highest BCUT2D eigenvalue weighted by atomic mass is 19.4. The number of ether oxygens (including phenoxy) is 2. The van der Waals surface area contributed by atoms with Crippen molar-refractivity contribution in [2.75, 3.05) is 6.54 Å². The van der Waals surface area contributed by atoms with Crippen LogP contribution in [0.15, 0.2) is 41.0 Å². The molecule has 0 radical (unpaired) electrons. The van der Waals surface area contributed by atoms with E-state index in [-0.39, 0.29) is 11.8 Å². The van der Waals surface area contributed by atoms with E-state index in [0.717, 1.165) is 11.1 Å². The molecular weight excluding hydrogens is 377 g/mol. The molecule has 4 rings (SSSR count). The Morgan fingerprint density at radius 3 is 2.82 bits per heavy atom. The number of hydrogen-bond acceptors (Lipinski definition) is 5. The Kier molecular flexibility index (Phi) is 4.62. The van der Waals surface area contributed by atoms with E-state index in [9.17, 15) is 18.0 Å². The largest absolute Gasteiger partial charge is 0.523 e. The lowest BCUT2D eigenvalue weighted by Crippen LogP contribution is -2.28. The number of hydrogen-bond donors (Lipinski definition) is 1. The number of nitrogens with one attached hydrogen (secondary N) is 1. The number of benzene rings is 1. The van der Waals surface area contributed by atoms with E-state index in [4.69, 9.17) is 9.26 Å². The van der Waals surface area contributed by atoms with Gasteiger partial charge in [-0.1, -0.05) is 31.2 Å². The Balaban J connectivity index is 1.58. The van der Waals surface area contributed by atoms with E-state index in [0.29, 0.717) is 23.9 Å². The third kappa shape index (κ3) is 3.75. The molecule has 1 saturated heterocycles. The van der Waals surface area contributed by atoms with E-state index < -0.39 is 24.5 Å². The number of fused-ring (bicyclic) bond motifs is 1. The minimum absolute atomic E-state index is 0.199. The van der Waals surface area contributed by atoms with Gasteiger partial charge in [0.05, 0.1) is 11.5 Å². The molecule has 9 heteroatoms. The SMILES string of the molecule is CC1C=C(c2ccc3onc(O[C@@H]4CCNC4=O)c3c2)C=CC1OC(F)(F)F. The number of nitrogens with zero attached hydrogens (tertiary/aromatic N) is 1. The van der Waals surface area contributed by atoms with Gasteiger partial charge in [-0.05, 0) is 28.4 Å². The van der Waals surface area contributed by atoms with Crippen LogP contribution in [0.5, 0.6) is 5.88 Å². The normalized spacial score (nSPS) is 25.1. The number of carbonyl (C=O) groups is 1. The van der Waals surface area contributed by atoms with Crippen LogP contribution >= 0.6 is 0 Å². The summed E-state index contributed by atoms with van der Waals surface area (Å²) in [6.45, 7) is 2.20. The zero-order chi connectivity index (χ0) is 19.9. The van der Waals surface area contributed by atoms with Crippen LogP contribution in [0.4, 0.5) is 13.2 Å². The number of allylic oxidation sites excluding steroid dienone is 2. The Morgan fingerprint density at radius 2 is 2.14 bits per heavy atom. The van der Waals surface area contributed by atoms with Gasteiger partial charge in [-0.2, -0.15) is 0 Å². The summed E-state index contributed by atoms with van der Waals surface area (Å²) in [6.07, 6.45) is -1.13. The Morgan fingerprint density at radius 1 is 1.32 bits per heavy atom. The first-order valence-electron chi connectivity index (χ1n) is 8.79. The van der Waals surface area contributed by atoms with E-state index in [2.05, 4.69) is 15.2 Å². The molecule has 0 saturated carbocycles. The summed E-state index contributed by atoms with van der Waals surface area (Å²) in [5.41, 5.74) is 2.01. The summed E-state index contributed by atoms with van der Waals surface area (Å²) in [5, 5.41) is 7.16. The van der Waals surface area contributed by atoms with E-state index in [1.54, 1.807) is 37.3 Å². The first kappa shape index (κ1) is 18.5. The van der Waals surface area contributed by atoms with Crippen LogP contribution in [0.2, 0.25) is 0 Å². The second kappa shape index (κ2) is 6.97. The maximum atomic E-state index is 12.5. The predicted molar refractivity (Wildman–Crippen MR) is 93.3 cm³/mol. The van der Waals surface area contributed by atoms with Gasteiger partial charge >= 0.3 is 6.36 Å². The number of aromatic nitrogens is 1. The number of rotatable bonds is 4. The zero-order valence-electron chi connectivity index (χ0n) is 14.8. The van der Waals surface area contributed by atoms with Gasteiger partial charge in [-0.25, -0.2) is 0 Å². The van der Waals surface area contributed by atoms with Gasteiger partial charge in [0.25, 0.3) is 11.8 Å². The van der Waals surface area contributed by atoms with Crippen LogP contribution in [0.25, 0.3) is 16.5 Å². The van der Waals surface area contributed by atoms with Gasteiger partial charge in [-0.3, -0.25) is 9.53 Å².